The largest absolute Gasteiger partial charge is 0.489 e. The summed E-state index contributed by atoms with van der Waals surface area (Å²) in [4.78, 5) is 30.7. The number of piperidine rings is 1. The molecule has 3 aromatic rings. The molecular formula is C25H24ClFN4O4S. The molecule has 188 valence electrons. The fourth-order valence-corrected chi connectivity index (χ4v) is 4.34. The van der Waals surface area contributed by atoms with Crippen LogP contribution in [0.2, 0.25) is 5.02 Å². The summed E-state index contributed by atoms with van der Waals surface area (Å²) in [5.74, 6) is -1.36. The summed E-state index contributed by atoms with van der Waals surface area (Å²) < 4.78 is 32.2. The highest BCUT2D eigenvalue weighted by Crippen LogP contribution is 2.27. The highest BCUT2D eigenvalue weighted by molar-refractivity contribution is 7.84. The molecule has 2 heterocycles. The van der Waals surface area contributed by atoms with Crippen LogP contribution in [-0.2, 0) is 10.8 Å². The van der Waals surface area contributed by atoms with Crippen molar-refractivity contribution < 1.29 is 22.9 Å². The minimum Gasteiger partial charge on any atom is -0.489 e. The van der Waals surface area contributed by atoms with Gasteiger partial charge in [-0.25, -0.2) is 9.37 Å². The number of hydrogen-bond acceptors (Lipinski definition) is 6. The van der Waals surface area contributed by atoms with Crippen LogP contribution < -0.4 is 20.7 Å². The Morgan fingerprint density at radius 1 is 1.06 bits per heavy atom. The van der Waals surface area contributed by atoms with Gasteiger partial charge in [-0.2, -0.15) is 0 Å². The Labute approximate surface area is 215 Å². The van der Waals surface area contributed by atoms with Crippen molar-refractivity contribution in [1.29, 1.82) is 0 Å². The molecule has 8 nitrogen and oxygen atoms in total. The number of aromatic nitrogens is 1. The number of rotatable bonds is 7. The monoisotopic (exact) mass is 530 g/mol. The van der Waals surface area contributed by atoms with Gasteiger partial charge in [-0.15, -0.1) is 0 Å². The van der Waals surface area contributed by atoms with E-state index in [0.29, 0.717) is 15.7 Å². The van der Waals surface area contributed by atoms with E-state index in [9.17, 15) is 18.2 Å². The third kappa shape index (κ3) is 6.45. The molecular weight excluding hydrogens is 507 g/mol. The average Bonchev–Trinajstić information content (AvgIpc) is 2.87. The molecule has 1 atom stereocenters. The minimum atomic E-state index is -1.27. The first-order chi connectivity index (χ1) is 17.3. The highest BCUT2D eigenvalue weighted by atomic mass is 35.5. The van der Waals surface area contributed by atoms with Crippen molar-refractivity contribution >= 4 is 45.7 Å². The standard InChI is InChI=1S/C25H24ClFN4O4S/c1-36(34)18-4-5-19(22(13-18)35-17-8-10-28-11-9-17)24(32)30-21-6-3-16(27)12-20(21)25(33)31-23-7-2-15(26)14-29-23/h2-7,12-14,17,28H,8-11H2,1H3,(H,30,32)(H,29,31,33)/t36-/m1/s1. The van der Waals surface area contributed by atoms with E-state index in [2.05, 4.69) is 20.9 Å². The van der Waals surface area contributed by atoms with E-state index in [1.165, 1.54) is 24.4 Å². The summed E-state index contributed by atoms with van der Waals surface area (Å²) in [5.41, 5.74) is 0.216. The van der Waals surface area contributed by atoms with E-state index in [1.807, 2.05) is 0 Å². The summed E-state index contributed by atoms with van der Waals surface area (Å²) in [5, 5.41) is 8.89. The Morgan fingerprint density at radius 2 is 1.81 bits per heavy atom. The van der Waals surface area contributed by atoms with E-state index in [-0.39, 0.29) is 28.7 Å². The third-order valence-electron chi connectivity index (χ3n) is 5.55. The lowest BCUT2D eigenvalue weighted by molar-refractivity contribution is 0.101. The lowest BCUT2D eigenvalue weighted by Crippen LogP contribution is -2.34. The second kappa shape index (κ2) is 11.6. The van der Waals surface area contributed by atoms with Crippen LogP contribution in [0.4, 0.5) is 15.9 Å². The van der Waals surface area contributed by atoms with E-state index < -0.39 is 28.4 Å². The quantitative estimate of drug-likeness (QED) is 0.421. The molecule has 0 aliphatic carbocycles. The Morgan fingerprint density at radius 3 is 2.50 bits per heavy atom. The van der Waals surface area contributed by atoms with Crippen LogP contribution in [0.3, 0.4) is 0 Å². The van der Waals surface area contributed by atoms with Crippen LogP contribution in [0.25, 0.3) is 0 Å². The van der Waals surface area contributed by atoms with Crippen molar-refractivity contribution in [3.05, 3.63) is 76.7 Å². The molecule has 11 heteroatoms. The van der Waals surface area contributed by atoms with Crippen molar-refractivity contribution in [2.24, 2.45) is 0 Å². The lowest BCUT2D eigenvalue weighted by atomic mass is 10.1. The zero-order chi connectivity index (χ0) is 25.7. The van der Waals surface area contributed by atoms with Crippen LogP contribution in [0.15, 0.2) is 59.6 Å². The maximum absolute atomic E-state index is 14.0. The topological polar surface area (TPSA) is 109 Å². The number of amides is 2. The van der Waals surface area contributed by atoms with E-state index in [4.69, 9.17) is 16.3 Å². The number of benzene rings is 2. The Kier molecular flexibility index (Phi) is 8.29. The van der Waals surface area contributed by atoms with Gasteiger partial charge in [0, 0.05) is 28.1 Å². The smallest absolute Gasteiger partial charge is 0.259 e. The van der Waals surface area contributed by atoms with Gasteiger partial charge in [0.25, 0.3) is 11.8 Å². The van der Waals surface area contributed by atoms with E-state index in [1.54, 1.807) is 24.5 Å². The van der Waals surface area contributed by atoms with E-state index >= 15 is 0 Å². The molecule has 2 aromatic carbocycles. The fraction of sp³-hybridized carbons (Fsp3) is 0.240. The predicted octanol–water partition coefficient (Wildman–Crippen LogP) is 4.25. The SMILES string of the molecule is C[S@@](=O)c1ccc(C(=O)Nc2ccc(F)cc2C(=O)Nc2ccc(Cl)cn2)c(OC2CCNCC2)c1. The van der Waals surface area contributed by atoms with Gasteiger partial charge in [-0.05, 0) is 74.5 Å². The maximum Gasteiger partial charge on any atom is 0.259 e. The zero-order valence-corrected chi connectivity index (χ0v) is 20.9. The number of carbonyl (C=O) groups is 2. The number of anilines is 2. The van der Waals surface area contributed by atoms with Gasteiger partial charge >= 0.3 is 0 Å². The van der Waals surface area contributed by atoms with Gasteiger partial charge < -0.3 is 20.7 Å². The van der Waals surface area contributed by atoms with Gasteiger partial charge in [0.1, 0.15) is 23.5 Å². The van der Waals surface area contributed by atoms with Gasteiger partial charge in [0.15, 0.2) is 0 Å². The first-order valence-electron chi connectivity index (χ1n) is 11.2. The zero-order valence-electron chi connectivity index (χ0n) is 19.3. The molecule has 0 spiro atoms. The summed E-state index contributed by atoms with van der Waals surface area (Å²) in [6, 6.07) is 11.2. The number of nitrogens with zero attached hydrogens (tertiary/aromatic N) is 1. The number of carbonyl (C=O) groups excluding carboxylic acids is 2. The number of halogens is 2. The summed E-state index contributed by atoms with van der Waals surface area (Å²) >= 11 is 5.83. The number of nitrogens with one attached hydrogen (secondary N) is 3. The highest BCUT2D eigenvalue weighted by Gasteiger charge is 2.22. The van der Waals surface area contributed by atoms with Crippen LogP contribution >= 0.6 is 11.6 Å². The molecule has 36 heavy (non-hydrogen) atoms. The first kappa shape index (κ1) is 25.7. The maximum atomic E-state index is 14.0. The molecule has 1 aromatic heterocycles. The molecule has 1 aliphatic heterocycles. The molecule has 0 saturated carbocycles. The molecule has 1 fully saturated rings. The number of ether oxygens (including phenoxy) is 1. The summed E-state index contributed by atoms with van der Waals surface area (Å²) in [7, 11) is -1.27. The third-order valence-corrected chi connectivity index (χ3v) is 6.69. The molecule has 1 saturated heterocycles. The Bertz CT molecular complexity index is 1300. The van der Waals surface area contributed by atoms with Crippen molar-refractivity contribution in [1.82, 2.24) is 10.3 Å². The lowest BCUT2D eigenvalue weighted by Gasteiger charge is -2.25. The van der Waals surface area contributed by atoms with Crippen molar-refractivity contribution in [3.63, 3.8) is 0 Å². The molecule has 0 radical (unpaired) electrons. The van der Waals surface area contributed by atoms with Crippen molar-refractivity contribution in [2.75, 3.05) is 30.0 Å². The number of hydrogen-bond donors (Lipinski definition) is 3. The van der Waals surface area contributed by atoms with Gasteiger partial charge in [-0.3, -0.25) is 13.8 Å². The molecule has 0 unspecified atom stereocenters. The Hall–Kier alpha value is -3.34. The molecule has 3 N–H and O–H groups in total. The van der Waals surface area contributed by atoms with Crippen LogP contribution in [0.1, 0.15) is 33.6 Å². The molecule has 1 aliphatic rings. The molecule has 0 bridgehead atoms. The van der Waals surface area contributed by atoms with Crippen LogP contribution in [-0.4, -0.2) is 46.5 Å². The second-order valence-corrected chi connectivity index (χ2v) is 9.96. The molecule has 4 rings (SSSR count). The minimum absolute atomic E-state index is 0.0906. The molecule has 2 amide bonds. The fourth-order valence-electron chi connectivity index (χ4n) is 3.70. The summed E-state index contributed by atoms with van der Waals surface area (Å²) in [6.45, 7) is 1.59. The van der Waals surface area contributed by atoms with Gasteiger partial charge in [0.05, 0.1) is 21.8 Å². The first-order valence-corrected chi connectivity index (χ1v) is 13.1. The normalized spacial score (nSPS) is 14.6. The van der Waals surface area contributed by atoms with Crippen LogP contribution in [0.5, 0.6) is 5.75 Å². The summed E-state index contributed by atoms with van der Waals surface area (Å²) in [6.07, 6.45) is 4.34. The van der Waals surface area contributed by atoms with Crippen molar-refractivity contribution in [2.45, 2.75) is 23.8 Å². The van der Waals surface area contributed by atoms with Crippen LogP contribution in [0, 0.1) is 5.82 Å². The van der Waals surface area contributed by atoms with Gasteiger partial charge in [-0.1, -0.05) is 11.6 Å². The number of pyridine rings is 1. The second-order valence-electron chi connectivity index (χ2n) is 8.14. The van der Waals surface area contributed by atoms with Gasteiger partial charge in [0.2, 0.25) is 0 Å². The predicted molar refractivity (Wildman–Crippen MR) is 137 cm³/mol. The Balaban J connectivity index is 1.60. The average molecular weight is 531 g/mol. The van der Waals surface area contributed by atoms with E-state index in [0.717, 1.165) is 38.1 Å². The van der Waals surface area contributed by atoms with Crippen molar-refractivity contribution in [3.8, 4) is 5.75 Å².